The third-order valence-electron chi connectivity index (χ3n) is 3.82. The van der Waals surface area contributed by atoms with Crippen molar-refractivity contribution in [2.45, 2.75) is 17.3 Å². The summed E-state index contributed by atoms with van der Waals surface area (Å²) >= 11 is 1.33. The summed E-state index contributed by atoms with van der Waals surface area (Å²) in [6.45, 7) is 1.83. The quantitative estimate of drug-likeness (QED) is 0.644. The maximum Gasteiger partial charge on any atom is 0.235 e. The van der Waals surface area contributed by atoms with Crippen LogP contribution in [0, 0.1) is 5.82 Å². The van der Waals surface area contributed by atoms with E-state index in [4.69, 9.17) is 0 Å². The summed E-state index contributed by atoms with van der Waals surface area (Å²) in [6.07, 6.45) is 0. The Bertz CT molecular complexity index is 894. The molecule has 0 aliphatic rings. The number of aromatic nitrogens is 3. The molecule has 2 aromatic carbocycles. The van der Waals surface area contributed by atoms with E-state index < -0.39 is 0 Å². The fraction of sp³-hybridized carbons (Fsp3) is 0.211. The molecule has 0 spiro atoms. The van der Waals surface area contributed by atoms with Crippen LogP contribution < -0.4 is 0 Å². The van der Waals surface area contributed by atoms with E-state index in [-0.39, 0.29) is 17.0 Å². The smallest absolute Gasteiger partial charge is 0.235 e. The van der Waals surface area contributed by atoms with E-state index in [1.165, 1.54) is 23.9 Å². The molecular formula is C19H19FN4OS. The zero-order valence-electron chi connectivity index (χ0n) is 14.8. The van der Waals surface area contributed by atoms with Gasteiger partial charge in [-0.1, -0.05) is 42.1 Å². The van der Waals surface area contributed by atoms with Gasteiger partial charge in [0.15, 0.2) is 11.0 Å². The van der Waals surface area contributed by atoms with Crippen molar-refractivity contribution in [1.82, 2.24) is 19.7 Å². The summed E-state index contributed by atoms with van der Waals surface area (Å²) in [4.78, 5) is 13.8. The number of carbonyl (C=O) groups is 1. The Morgan fingerprint density at radius 2 is 1.73 bits per heavy atom. The molecule has 1 atom stereocenters. The summed E-state index contributed by atoms with van der Waals surface area (Å²) in [5, 5.41) is 8.86. The number of benzene rings is 2. The molecule has 134 valence electrons. The van der Waals surface area contributed by atoms with E-state index >= 15 is 0 Å². The molecule has 0 aliphatic heterocycles. The molecule has 5 nitrogen and oxygen atoms in total. The van der Waals surface area contributed by atoms with Crippen LogP contribution in [0.25, 0.3) is 17.1 Å². The second kappa shape index (κ2) is 7.70. The average Bonchev–Trinajstić information content (AvgIpc) is 3.05. The highest BCUT2D eigenvalue weighted by Crippen LogP contribution is 2.30. The van der Waals surface area contributed by atoms with Gasteiger partial charge in [0, 0.05) is 25.3 Å². The van der Waals surface area contributed by atoms with Crippen molar-refractivity contribution in [2.24, 2.45) is 0 Å². The largest absolute Gasteiger partial charge is 0.348 e. The molecule has 0 saturated carbocycles. The maximum absolute atomic E-state index is 13.4. The predicted molar refractivity (Wildman–Crippen MR) is 101 cm³/mol. The summed E-state index contributed by atoms with van der Waals surface area (Å²) < 4.78 is 15.2. The van der Waals surface area contributed by atoms with Crippen molar-refractivity contribution in [1.29, 1.82) is 0 Å². The summed E-state index contributed by atoms with van der Waals surface area (Å²) in [5.74, 6) is 0.322. The summed E-state index contributed by atoms with van der Waals surface area (Å²) in [5.41, 5.74) is 1.63. The van der Waals surface area contributed by atoms with Crippen LogP contribution in [0.5, 0.6) is 0 Å². The van der Waals surface area contributed by atoms with Gasteiger partial charge in [-0.15, -0.1) is 10.2 Å². The zero-order valence-corrected chi connectivity index (χ0v) is 15.6. The predicted octanol–water partition coefficient (Wildman–Crippen LogP) is 3.64. The van der Waals surface area contributed by atoms with Crippen LogP contribution in [-0.4, -0.2) is 44.9 Å². The van der Waals surface area contributed by atoms with Crippen molar-refractivity contribution in [3.05, 3.63) is 60.4 Å². The van der Waals surface area contributed by atoms with Gasteiger partial charge in [0.1, 0.15) is 5.82 Å². The number of rotatable bonds is 5. The molecule has 1 unspecified atom stereocenters. The Labute approximate surface area is 155 Å². The van der Waals surface area contributed by atoms with Gasteiger partial charge in [-0.3, -0.25) is 9.36 Å². The van der Waals surface area contributed by atoms with Crippen LogP contribution in [0.4, 0.5) is 4.39 Å². The minimum atomic E-state index is -0.322. The van der Waals surface area contributed by atoms with Crippen LogP contribution >= 0.6 is 11.8 Å². The number of hydrogen-bond acceptors (Lipinski definition) is 4. The van der Waals surface area contributed by atoms with Crippen LogP contribution in [0.2, 0.25) is 0 Å². The second-order valence-corrected chi connectivity index (χ2v) is 7.28. The minimum absolute atomic E-state index is 0.00934. The molecule has 26 heavy (non-hydrogen) atoms. The summed E-state index contributed by atoms with van der Waals surface area (Å²) in [6, 6.07) is 15.8. The third kappa shape index (κ3) is 3.77. The molecule has 1 aromatic heterocycles. The lowest BCUT2D eigenvalue weighted by molar-refractivity contribution is -0.127. The SMILES string of the molecule is CC(Sc1nnc(-c2ccccc2)n1-c1ccc(F)cc1)C(=O)N(C)C. The second-order valence-electron chi connectivity index (χ2n) is 5.98. The number of nitrogens with zero attached hydrogens (tertiary/aromatic N) is 4. The van der Waals surface area contributed by atoms with Crippen molar-refractivity contribution in [3.8, 4) is 17.1 Å². The van der Waals surface area contributed by atoms with Crippen molar-refractivity contribution in [2.75, 3.05) is 14.1 Å². The van der Waals surface area contributed by atoms with Gasteiger partial charge in [-0.05, 0) is 31.2 Å². The van der Waals surface area contributed by atoms with E-state index in [9.17, 15) is 9.18 Å². The van der Waals surface area contributed by atoms with Gasteiger partial charge >= 0.3 is 0 Å². The maximum atomic E-state index is 13.4. The van der Waals surface area contributed by atoms with E-state index in [2.05, 4.69) is 10.2 Å². The highest BCUT2D eigenvalue weighted by Gasteiger charge is 2.22. The molecule has 1 amide bonds. The first-order valence-corrected chi connectivity index (χ1v) is 9.00. The van der Waals surface area contributed by atoms with Crippen molar-refractivity contribution in [3.63, 3.8) is 0 Å². The number of hydrogen-bond donors (Lipinski definition) is 0. The highest BCUT2D eigenvalue weighted by atomic mass is 32.2. The molecule has 0 bridgehead atoms. The lowest BCUT2D eigenvalue weighted by atomic mass is 10.2. The molecule has 0 radical (unpaired) electrons. The average molecular weight is 370 g/mol. The number of thioether (sulfide) groups is 1. The van der Waals surface area contributed by atoms with Gasteiger partial charge in [0.2, 0.25) is 5.91 Å². The van der Waals surface area contributed by atoms with E-state index in [1.807, 2.05) is 41.8 Å². The zero-order chi connectivity index (χ0) is 18.7. The molecule has 3 aromatic rings. The Kier molecular flexibility index (Phi) is 5.37. The highest BCUT2D eigenvalue weighted by molar-refractivity contribution is 8.00. The molecule has 0 saturated heterocycles. The van der Waals surface area contributed by atoms with Crippen molar-refractivity contribution < 1.29 is 9.18 Å². The standard InChI is InChI=1S/C19H19FN4OS/c1-13(18(25)23(2)3)26-19-22-21-17(14-7-5-4-6-8-14)24(19)16-11-9-15(20)10-12-16/h4-13H,1-3H3. The van der Waals surface area contributed by atoms with Crippen LogP contribution in [0.1, 0.15) is 6.92 Å². The number of halogens is 1. The third-order valence-corrected chi connectivity index (χ3v) is 4.85. The molecule has 7 heteroatoms. The first-order valence-electron chi connectivity index (χ1n) is 8.12. The van der Waals surface area contributed by atoms with Crippen LogP contribution in [0.3, 0.4) is 0 Å². The van der Waals surface area contributed by atoms with Gasteiger partial charge in [-0.25, -0.2) is 4.39 Å². The Hall–Kier alpha value is -2.67. The fourth-order valence-electron chi connectivity index (χ4n) is 2.52. The first kappa shape index (κ1) is 18.1. The van der Waals surface area contributed by atoms with Gasteiger partial charge in [0.05, 0.1) is 5.25 Å². The Morgan fingerprint density at radius 3 is 2.35 bits per heavy atom. The number of amides is 1. The topological polar surface area (TPSA) is 51.0 Å². The van der Waals surface area contributed by atoms with Gasteiger partial charge in [-0.2, -0.15) is 0 Å². The van der Waals surface area contributed by atoms with E-state index in [0.717, 1.165) is 11.3 Å². The molecule has 1 heterocycles. The molecular weight excluding hydrogens is 351 g/mol. The lowest BCUT2D eigenvalue weighted by Gasteiger charge is -2.17. The van der Waals surface area contributed by atoms with Crippen molar-refractivity contribution >= 4 is 17.7 Å². The Morgan fingerprint density at radius 1 is 1.08 bits per heavy atom. The molecule has 0 N–H and O–H groups in total. The Balaban J connectivity index is 2.06. The van der Waals surface area contributed by atoms with Crippen LogP contribution in [0.15, 0.2) is 59.8 Å². The normalized spacial score (nSPS) is 12.0. The van der Waals surface area contributed by atoms with Gasteiger partial charge < -0.3 is 4.90 Å². The number of carbonyl (C=O) groups excluding carboxylic acids is 1. The first-order chi connectivity index (χ1) is 12.5. The van der Waals surface area contributed by atoms with E-state index in [1.54, 1.807) is 31.1 Å². The van der Waals surface area contributed by atoms with Crippen LogP contribution in [-0.2, 0) is 4.79 Å². The van der Waals surface area contributed by atoms with Gasteiger partial charge in [0.25, 0.3) is 0 Å². The lowest BCUT2D eigenvalue weighted by Crippen LogP contribution is -2.29. The molecule has 3 rings (SSSR count). The summed E-state index contributed by atoms with van der Waals surface area (Å²) in [7, 11) is 3.44. The monoisotopic (exact) mass is 370 g/mol. The molecule has 0 fully saturated rings. The fourth-order valence-corrected chi connectivity index (χ4v) is 3.53. The molecule has 0 aliphatic carbocycles. The minimum Gasteiger partial charge on any atom is -0.348 e. The van der Waals surface area contributed by atoms with E-state index in [0.29, 0.717) is 11.0 Å².